The minimum atomic E-state index is -5.08. The monoisotopic (exact) mass is 565 g/mol. The van der Waals surface area contributed by atoms with Crippen LogP contribution in [-0.2, 0) is 4.79 Å². The minimum Gasteiger partial charge on any atom is -0.475 e. The summed E-state index contributed by atoms with van der Waals surface area (Å²) in [5.41, 5.74) is 2.52. The predicted octanol–water partition coefficient (Wildman–Crippen LogP) is 4.56. The van der Waals surface area contributed by atoms with Crippen molar-refractivity contribution < 1.29 is 27.9 Å². The van der Waals surface area contributed by atoms with E-state index in [2.05, 4.69) is 26.1 Å². The van der Waals surface area contributed by atoms with E-state index in [0.29, 0.717) is 19.1 Å². The number of nitrogens with one attached hydrogen (secondary N) is 1. The van der Waals surface area contributed by atoms with Crippen molar-refractivity contribution in [3.8, 4) is 0 Å². The molecule has 2 aliphatic rings. The van der Waals surface area contributed by atoms with Crippen LogP contribution in [0.15, 0.2) is 53.0 Å². The second-order valence-corrected chi connectivity index (χ2v) is 9.31. The molecule has 1 saturated carbocycles. The summed E-state index contributed by atoms with van der Waals surface area (Å²) in [6.45, 7) is 2.82. The zero-order chi connectivity index (χ0) is 25.9. The quantitative estimate of drug-likeness (QED) is 0.478. The smallest absolute Gasteiger partial charge is 0.475 e. The maximum Gasteiger partial charge on any atom is 0.490 e. The lowest BCUT2D eigenvalue weighted by Gasteiger charge is -2.36. The molecule has 1 amide bonds. The van der Waals surface area contributed by atoms with E-state index < -0.39 is 12.1 Å². The Kier molecular flexibility index (Phi) is 7.62. The number of amides is 1. The first kappa shape index (κ1) is 25.7. The highest BCUT2D eigenvalue weighted by Crippen LogP contribution is 2.31. The number of carboxylic acids is 1. The number of hydrogen-bond donors (Lipinski definition) is 2. The Morgan fingerprint density at radius 1 is 0.972 bits per heavy atom. The summed E-state index contributed by atoms with van der Waals surface area (Å²) in [5.74, 6) is -0.928. The van der Waals surface area contributed by atoms with Gasteiger partial charge in [-0.2, -0.15) is 13.2 Å². The molecule has 0 unspecified atom stereocenters. The largest absolute Gasteiger partial charge is 0.490 e. The van der Waals surface area contributed by atoms with Crippen LogP contribution >= 0.6 is 15.9 Å². The Morgan fingerprint density at radius 3 is 2.14 bits per heavy atom. The van der Waals surface area contributed by atoms with Crippen molar-refractivity contribution in [2.24, 2.45) is 0 Å². The summed E-state index contributed by atoms with van der Waals surface area (Å²) < 4.78 is 32.7. The highest BCUT2D eigenvalue weighted by molar-refractivity contribution is 9.10. The standard InChI is InChI=1S/C22H22BrN5O.C2HF3O2/c23-16-5-3-4-15(14-16)22(29)28-12-10-27(11-13-28)21-20(24-17-8-9-17)25-18-6-1-2-7-19(18)26-21;3-2(4,5)1(6)7/h1-7,14,17H,8-13H2,(H,24,25);(H,6,7). The third-order valence-corrected chi connectivity index (χ3v) is 6.14. The summed E-state index contributed by atoms with van der Waals surface area (Å²) in [6, 6.07) is 16.1. The number of nitrogens with zero attached hydrogens (tertiary/aromatic N) is 4. The van der Waals surface area contributed by atoms with Crippen molar-refractivity contribution in [2.45, 2.75) is 25.1 Å². The van der Waals surface area contributed by atoms with E-state index in [1.807, 2.05) is 53.4 Å². The van der Waals surface area contributed by atoms with Gasteiger partial charge in [-0.05, 0) is 43.2 Å². The molecular weight excluding hydrogens is 543 g/mol. The average Bonchev–Trinajstić information content (AvgIpc) is 3.67. The van der Waals surface area contributed by atoms with Crippen molar-refractivity contribution in [3.05, 3.63) is 58.6 Å². The van der Waals surface area contributed by atoms with Gasteiger partial charge in [0.05, 0.1) is 11.0 Å². The molecule has 2 fully saturated rings. The summed E-state index contributed by atoms with van der Waals surface area (Å²) in [6.07, 6.45) is -2.72. The number of carboxylic acid groups (broad SMARTS) is 1. The third-order valence-electron chi connectivity index (χ3n) is 5.65. The van der Waals surface area contributed by atoms with Gasteiger partial charge in [0.25, 0.3) is 5.91 Å². The Hall–Kier alpha value is -3.41. The molecule has 3 aromatic rings. The number of carbonyl (C=O) groups excluding carboxylic acids is 1. The van der Waals surface area contributed by atoms with E-state index in [9.17, 15) is 18.0 Å². The van der Waals surface area contributed by atoms with Gasteiger partial charge in [0.2, 0.25) is 0 Å². The molecular formula is C24H23BrF3N5O3. The van der Waals surface area contributed by atoms with Crippen molar-refractivity contribution in [1.29, 1.82) is 0 Å². The maximum absolute atomic E-state index is 12.8. The first-order valence-corrected chi connectivity index (χ1v) is 12.0. The second kappa shape index (κ2) is 10.7. The van der Waals surface area contributed by atoms with Crippen molar-refractivity contribution >= 4 is 50.5 Å². The van der Waals surface area contributed by atoms with Gasteiger partial charge in [-0.3, -0.25) is 4.79 Å². The van der Waals surface area contributed by atoms with Crippen LogP contribution < -0.4 is 10.2 Å². The maximum atomic E-state index is 12.8. The molecule has 5 rings (SSSR count). The number of halogens is 4. The van der Waals surface area contributed by atoms with E-state index >= 15 is 0 Å². The van der Waals surface area contributed by atoms with Crippen LogP contribution in [-0.4, -0.2) is 70.2 Å². The van der Waals surface area contributed by atoms with Crippen LogP contribution in [0.5, 0.6) is 0 Å². The highest BCUT2D eigenvalue weighted by atomic mass is 79.9. The molecule has 0 atom stereocenters. The van der Waals surface area contributed by atoms with Gasteiger partial charge in [-0.25, -0.2) is 14.8 Å². The predicted molar refractivity (Wildman–Crippen MR) is 132 cm³/mol. The molecule has 1 aromatic heterocycles. The van der Waals surface area contributed by atoms with Gasteiger partial charge in [0.15, 0.2) is 11.6 Å². The number of hydrogen-bond acceptors (Lipinski definition) is 6. The van der Waals surface area contributed by atoms with E-state index in [1.165, 1.54) is 12.8 Å². The first-order chi connectivity index (χ1) is 17.1. The Morgan fingerprint density at radius 2 is 1.58 bits per heavy atom. The van der Waals surface area contributed by atoms with Gasteiger partial charge in [0.1, 0.15) is 0 Å². The summed E-state index contributed by atoms with van der Waals surface area (Å²) >= 11 is 3.45. The lowest BCUT2D eigenvalue weighted by Crippen LogP contribution is -2.49. The fourth-order valence-electron chi connectivity index (χ4n) is 3.65. The topological polar surface area (TPSA) is 98.7 Å². The molecule has 36 heavy (non-hydrogen) atoms. The molecule has 1 aliphatic heterocycles. The molecule has 190 valence electrons. The van der Waals surface area contributed by atoms with Crippen molar-refractivity contribution in [1.82, 2.24) is 14.9 Å². The normalized spacial score (nSPS) is 15.8. The lowest BCUT2D eigenvalue weighted by molar-refractivity contribution is -0.192. The molecule has 0 bridgehead atoms. The fraction of sp³-hybridized carbons (Fsp3) is 0.333. The summed E-state index contributed by atoms with van der Waals surface area (Å²) in [5, 5.41) is 10.7. The van der Waals surface area contributed by atoms with E-state index in [1.54, 1.807) is 0 Å². The van der Waals surface area contributed by atoms with Gasteiger partial charge in [-0.15, -0.1) is 0 Å². The van der Waals surface area contributed by atoms with Crippen LogP contribution in [0.1, 0.15) is 23.2 Å². The molecule has 0 spiro atoms. The van der Waals surface area contributed by atoms with Gasteiger partial charge < -0.3 is 20.2 Å². The van der Waals surface area contributed by atoms with E-state index in [0.717, 1.165) is 45.8 Å². The number of anilines is 2. The van der Waals surface area contributed by atoms with Crippen molar-refractivity contribution in [2.75, 3.05) is 36.4 Å². The zero-order valence-corrected chi connectivity index (χ0v) is 20.6. The third kappa shape index (κ3) is 6.42. The number of fused-ring (bicyclic) bond motifs is 1. The molecule has 8 nitrogen and oxygen atoms in total. The Labute approximate surface area is 213 Å². The molecule has 2 N–H and O–H groups in total. The fourth-order valence-corrected chi connectivity index (χ4v) is 4.05. The summed E-state index contributed by atoms with van der Waals surface area (Å²) in [7, 11) is 0. The molecule has 0 radical (unpaired) electrons. The molecule has 12 heteroatoms. The number of alkyl halides is 3. The zero-order valence-electron chi connectivity index (χ0n) is 19.0. The van der Waals surface area contributed by atoms with Crippen LogP contribution in [0.2, 0.25) is 0 Å². The number of aliphatic carboxylic acids is 1. The minimum absolute atomic E-state index is 0.0758. The number of piperazine rings is 1. The highest BCUT2D eigenvalue weighted by Gasteiger charge is 2.38. The second-order valence-electron chi connectivity index (χ2n) is 8.40. The SMILES string of the molecule is O=C(O)C(F)(F)F.O=C(c1cccc(Br)c1)N1CCN(c2nc3ccccc3nc2NC2CC2)CC1. The lowest BCUT2D eigenvalue weighted by atomic mass is 10.2. The number of rotatable bonds is 4. The molecule has 1 aliphatic carbocycles. The molecule has 2 aromatic carbocycles. The molecule has 2 heterocycles. The average molecular weight is 566 g/mol. The first-order valence-electron chi connectivity index (χ1n) is 11.2. The number of benzene rings is 2. The van der Waals surface area contributed by atoms with Gasteiger partial charge >= 0.3 is 12.1 Å². The number of para-hydroxylation sites is 2. The summed E-state index contributed by atoms with van der Waals surface area (Å²) in [4.78, 5) is 35.6. The Balaban J connectivity index is 0.000000384. The van der Waals surface area contributed by atoms with Crippen LogP contribution in [0.3, 0.4) is 0 Å². The van der Waals surface area contributed by atoms with Gasteiger partial charge in [0, 0.05) is 42.3 Å². The Bertz CT molecular complexity index is 1260. The van der Waals surface area contributed by atoms with Gasteiger partial charge in [-0.1, -0.05) is 34.1 Å². The van der Waals surface area contributed by atoms with Crippen LogP contribution in [0.4, 0.5) is 24.8 Å². The molecule has 1 saturated heterocycles. The van der Waals surface area contributed by atoms with Crippen molar-refractivity contribution in [3.63, 3.8) is 0 Å². The van der Waals surface area contributed by atoms with Crippen LogP contribution in [0, 0.1) is 0 Å². The van der Waals surface area contributed by atoms with E-state index in [-0.39, 0.29) is 5.91 Å². The number of carbonyl (C=O) groups is 2. The van der Waals surface area contributed by atoms with E-state index in [4.69, 9.17) is 19.9 Å². The number of aromatic nitrogens is 2. The van der Waals surface area contributed by atoms with Crippen LogP contribution in [0.25, 0.3) is 11.0 Å².